The van der Waals surface area contributed by atoms with Crippen LogP contribution < -0.4 is 10.6 Å². The average Bonchev–Trinajstić information content (AvgIpc) is 2.66. The number of hydrogen-bond donors (Lipinski definition) is 2. The Labute approximate surface area is 93.0 Å². The van der Waals surface area contributed by atoms with Gasteiger partial charge in [-0.25, -0.2) is 0 Å². The summed E-state index contributed by atoms with van der Waals surface area (Å²) in [6, 6.07) is 0.465. The third-order valence-electron chi connectivity index (χ3n) is 2.97. The van der Waals surface area contributed by atoms with Crippen LogP contribution in [-0.4, -0.2) is 25.0 Å². The molecule has 0 spiro atoms. The molecule has 1 amide bonds. The lowest BCUT2D eigenvalue weighted by Gasteiger charge is -2.11. The molecule has 88 valence electrons. The van der Waals surface area contributed by atoms with E-state index in [1.54, 1.807) is 0 Å². The normalized spacial score (nSPS) is 17.3. The van der Waals surface area contributed by atoms with Crippen molar-refractivity contribution in [3.63, 3.8) is 0 Å². The first-order valence-corrected chi connectivity index (χ1v) is 6.18. The van der Waals surface area contributed by atoms with E-state index in [9.17, 15) is 4.79 Å². The summed E-state index contributed by atoms with van der Waals surface area (Å²) >= 11 is 0. The Kier molecular flexibility index (Phi) is 5.69. The highest BCUT2D eigenvalue weighted by Gasteiger charge is 2.15. The molecule has 1 aliphatic rings. The summed E-state index contributed by atoms with van der Waals surface area (Å²) in [6.07, 6.45) is 5.88. The summed E-state index contributed by atoms with van der Waals surface area (Å²) in [5, 5.41) is 6.26. The van der Waals surface area contributed by atoms with Crippen LogP contribution in [-0.2, 0) is 4.79 Å². The van der Waals surface area contributed by atoms with Crippen LogP contribution in [0.25, 0.3) is 0 Å². The van der Waals surface area contributed by atoms with Gasteiger partial charge in [0.2, 0.25) is 5.91 Å². The Morgan fingerprint density at radius 1 is 1.33 bits per heavy atom. The SMILES string of the molecule is CC(C)NCCC(=O)NCC1CCCC1. The maximum absolute atomic E-state index is 11.4. The average molecular weight is 212 g/mol. The van der Waals surface area contributed by atoms with Gasteiger partial charge in [-0.3, -0.25) is 4.79 Å². The molecule has 1 rings (SSSR count). The van der Waals surface area contributed by atoms with E-state index >= 15 is 0 Å². The lowest BCUT2D eigenvalue weighted by atomic mass is 10.1. The topological polar surface area (TPSA) is 41.1 Å². The molecule has 0 bridgehead atoms. The molecule has 0 aromatic heterocycles. The van der Waals surface area contributed by atoms with Crippen molar-refractivity contribution in [3.05, 3.63) is 0 Å². The van der Waals surface area contributed by atoms with Gasteiger partial charge in [0.1, 0.15) is 0 Å². The van der Waals surface area contributed by atoms with Crippen molar-refractivity contribution in [2.24, 2.45) is 5.92 Å². The van der Waals surface area contributed by atoms with Crippen LogP contribution in [0.4, 0.5) is 0 Å². The van der Waals surface area contributed by atoms with Gasteiger partial charge in [0, 0.05) is 25.6 Å². The van der Waals surface area contributed by atoms with E-state index in [0.29, 0.717) is 12.5 Å². The van der Waals surface area contributed by atoms with Crippen LogP contribution in [0.3, 0.4) is 0 Å². The standard InChI is InChI=1S/C12H24N2O/c1-10(2)13-8-7-12(15)14-9-11-5-3-4-6-11/h10-11,13H,3-9H2,1-2H3,(H,14,15). The van der Waals surface area contributed by atoms with Crippen molar-refractivity contribution in [1.29, 1.82) is 0 Å². The fraction of sp³-hybridized carbons (Fsp3) is 0.917. The smallest absolute Gasteiger partial charge is 0.221 e. The zero-order chi connectivity index (χ0) is 11.1. The fourth-order valence-corrected chi connectivity index (χ4v) is 2.04. The quantitative estimate of drug-likeness (QED) is 0.703. The first kappa shape index (κ1) is 12.5. The Balaban J connectivity index is 1.98. The van der Waals surface area contributed by atoms with E-state index in [-0.39, 0.29) is 5.91 Å². The molecule has 1 saturated carbocycles. The van der Waals surface area contributed by atoms with Crippen molar-refractivity contribution in [1.82, 2.24) is 10.6 Å². The van der Waals surface area contributed by atoms with Gasteiger partial charge in [0.05, 0.1) is 0 Å². The molecule has 0 heterocycles. The lowest BCUT2D eigenvalue weighted by molar-refractivity contribution is -0.121. The van der Waals surface area contributed by atoms with Crippen LogP contribution in [0.5, 0.6) is 0 Å². The highest BCUT2D eigenvalue weighted by atomic mass is 16.1. The van der Waals surface area contributed by atoms with Crippen molar-refractivity contribution in [2.45, 2.75) is 52.0 Å². The van der Waals surface area contributed by atoms with E-state index in [1.165, 1.54) is 25.7 Å². The van der Waals surface area contributed by atoms with Gasteiger partial charge >= 0.3 is 0 Å². The first-order valence-electron chi connectivity index (χ1n) is 6.18. The van der Waals surface area contributed by atoms with Crippen LogP contribution in [0.2, 0.25) is 0 Å². The molecule has 3 heteroatoms. The zero-order valence-electron chi connectivity index (χ0n) is 10.0. The highest BCUT2D eigenvalue weighted by molar-refractivity contribution is 5.76. The van der Waals surface area contributed by atoms with Gasteiger partial charge in [-0.15, -0.1) is 0 Å². The molecular weight excluding hydrogens is 188 g/mol. The Hall–Kier alpha value is -0.570. The second-order valence-corrected chi connectivity index (χ2v) is 4.81. The summed E-state index contributed by atoms with van der Waals surface area (Å²) in [6.45, 7) is 5.86. The molecule has 1 fully saturated rings. The highest BCUT2D eigenvalue weighted by Crippen LogP contribution is 2.23. The van der Waals surface area contributed by atoms with Gasteiger partial charge in [-0.1, -0.05) is 26.7 Å². The van der Waals surface area contributed by atoms with Crippen molar-refractivity contribution >= 4 is 5.91 Å². The molecule has 0 aromatic rings. The summed E-state index contributed by atoms with van der Waals surface area (Å²) in [5.41, 5.74) is 0. The summed E-state index contributed by atoms with van der Waals surface area (Å²) in [4.78, 5) is 11.4. The van der Waals surface area contributed by atoms with E-state index in [4.69, 9.17) is 0 Å². The van der Waals surface area contributed by atoms with Crippen LogP contribution in [0.1, 0.15) is 46.0 Å². The summed E-state index contributed by atoms with van der Waals surface area (Å²) in [5.74, 6) is 0.932. The third kappa shape index (κ3) is 5.78. The van der Waals surface area contributed by atoms with E-state index in [1.807, 2.05) is 0 Å². The number of nitrogens with one attached hydrogen (secondary N) is 2. The van der Waals surface area contributed by atoms with E-state index in [0.717, 1.165) is 19.0 Å². The van der Waals surface area contributed by atoms with Gasteiger partial charge in [0.25, 0.3) is 0 Å². The largest absolute Gasteiger partial charge is 0.356 e. The van der Waals surface area contributed by atoms with Gasteiger partial charge in [0.15, 0.2) is 0 Å². The number of carbonyl (C=O) groups excluding carboxylic acids is 1. The van der Waals surface area contributed by atoms with E-state index in [2.05, 4.69) is 24.5 Å². The molecule has 0 radical (unpaired) electrons. The number of amides is 1. The molecule has 2 N–H and O–H groups in total. The van der Waals surface area contributed by atoms with Crippen molar-refractivity contribution in [3.8, 4) is 0 Å². The number of carbonyl (C=O) groups is 1. The van der Waals surface area contributed by atoms with Gasteiger partial charge in [-0.2, -0.15) is 0 Å². The minimum absolute atomic E-state index is 0.190. The molecule has 15 heavy (non-hydrogen) atoms. The maximum atomic E-state index is 11.4. The second-order valence-electron chi connectivity index (χ2n) is 4.81. The number of hydrogen-bond acceptors (Lipinski definition) is 2. The van der Waals surface area contributed by atoms with Crippen LogP contribution >= 0.6 is 0 Å². The molecule has 0 saturated heterocycles. The minimum Gasteiger partial charge on any atom is -0.356 e. The summed E-state index contributed by atoms with van der Waals surface area (Å²) in [7, 11) is 0. The molecule has 0 atom stereocenters. The second kappa shape index (κ2) is 6.83. The monoisotopic (exact) mass is 212 g/mol. The molecule has 0 aliphatic heterocycles. The maximum Gasteiger partial charge on any atom is 0.221 e. The predicted octanol–water partition coefficient (Wildman–Crippen LogP) is 1.68. The summed E-state index contributed by atoms with van der Waals surface area (Å²) < 4.78 is 0. The Morgan fingerprint density at radius 2 is 2.00 bits per heavy atom. The molecule has 0 unspecified atom stereocenters. The molecule has 1 aliphatic carbocycles. The third-order valence-corrected chi connectivity index (χ3v) is 2.97. The minimum atomic E-state index is 0.190. The molecular formula is C12H24N2O. The molecule has 3 nitrogen and oxygen atoms in total. The number of rotatable bonds is 6. The lowest BCUT2D eigenvalue weighted by Crippen LogP contribution is -2.32. The van der Waals surface area contributed by atoms with Crippen LogP contribution in [0, 0.1) is 5.92 Å². The Bertz CT molecular complexity index is 186. The Morgan fingerprint density at radius 3 is 2.60 bits per heavy atom. The van der Waals surface area contributed by atoms with Crippen molar-refractivity contribution < 1.29 is 4.79 Å². The first-order chi connectivity index (χ1) is 7.18. The van der Waals surface area contributed by atoms with Crippen molar-refractivity contribution in [2.75, 3.05) is 13.1 Å². The molecule has 0 aromatic carbocycles. The predicted molar refractivity (Wildman–Crippen MR) is 62.7 cm³/mol. The van der Waals surface area contributed by atoms with Crippen LogP contribution in [0.15, 0.2) is 0 Å². The zero-order valence-corrected chi connectivity index (χ0v) is 10.0. The van der Waals surface area contributed by atoms with E-state index < -0.39 is 0 Å². The van der Waals surface area contributed by atoms with Gasteiger partial charge < -0.3 is 10.6 Å². The fourth-order valence-electron chi connectivity index (χ4n) is 2.04. The van der Waals surface area contributed by atoms with Gasteiger partial charge in [-0.05, 0) is 18.8 Å².